The van der Waals surface area contributed by atoms with Crippen molar-refractivity contribution in [3.05, 3.63) is 60.7 Å². The van der Waals surface area contributed by atoms with Crippen molar-refractivity contribution < 1.29 is 14.6 Å². The average molecular weight is 287 g/mol. The molecule has 0 heterocycles. The van der Waals surface area contributed by atoms with E-state index in [2.05, 4.69) is 45.4 Å². The Morgan fingerprint density at radius 1 is 0.952 bits per heavy atom. The molecular weight excluding hydrogens is 266 g/mol. The normalized spacial score (nSPS) is 10.2. The second kappa shape index (κ2) is 8.07. The topological polar surface area (TPSA) is 49.4 Å². The van der Waals surface area contributed by atoms with Crippen molar-refractivity contribution in [1.29, 1.82) is 0 Å². The number of para-hydroxylation sites is 2. The fraction of sp³-hybridized carbons (Fsp3) is 0.235. The maximum atomic E-state index is 9.94. The SMILES string of the molecule is C[N+](C)(C)c1ccccc1.O=C([O-])COc1ccccc1. The van der Waals surface area contributed by atoms with E-state index in [-0.39, 0.29) is 0 Å². The van der Waals surface area contributed by atoms with Crippen LogP contribution < -0.4 is 14.3 Å². The monoisotopic (exact) mass is 287 g/mol. The van der Waals surface area contributed by atoms with Crippen molar-refractivity contribution in [2.24, 2.45) is 0 Å². The molecule has 0 aromatic heterocycles. The molecule has 0 saturated carbocycles. The van der Waals surface area contributed by atoms with Gasteiger partial charge in [0.15, 0.2) is 0 Å². The van der Waals surface area contributed by atoms with Crippen LogP contribution in [-0.2, 0) is 4.79 Å². The molecule has 2 aromatic rings. The Balaban J connectivity index is 0.000000211. The van der Waals surface area contributed by atoms with E-state index in [0.717, 1.165) is 4.48 Å². The van der Waals surface area contributed by atoms with Crippen LogP contribution in [0.4, 0.5) is 5.69 Å². The molecule has 21 heavy (non-hydrogen) atoms. The standard InChI is InChI=1S/C9H14N.C8H8O3/c1-10(2,3)9-7-5-4-6-8-9;9-8(10)6-11-7-4-2-1-3-5-7/h4-8H,1-3H3;1-5H,6H2,(H,9,10)/q+1;/p-1. The molecule has 112 valence electrons. The predicted octanol–water partition coefficient (Wildman–Crippen LogP) is 1.70. The fourth-order valence-corrected chi connectivity index (χ4v) is 1.53. The molecule has 0 aliphatic carbocycles. The Kier molecular flexibility index (Phi) is 6.43. The van der Waals surface area contributed by atoms with Gasteiger partial charge in [-0.1, -0.05) is 36.4 Å². The number of carboxylic acid groups (broad SMARTS) is 1. The van der Waals surface area contributed by atoms with Crippen LogP contribution in [0.5, 0.6) is 5.75 Å². The van der Waals surface area contributed by atoms with E-state index in [9.17, 15) is 9.90 Å². The molecule has 0 N–H and O–H groups in total. The number of aliphatic carboxylic acids is 1. The largest absolute Gasteiger partial charge is 0.546 e. The number of quaternary nitrogens is 1. The van der Waals surface area contributed by atoms with Gasteiger partial charge in [0.25, 0.3) is 0 Å². The van der Waals surface area contributed by atoms with Gasteiger partial charge in [-0.15, -0.1) is 0 Å². The van der Waals surface area contributed by atoms with Gasteiger partial charge in [0.1, 0.15) is 18.0 Å². The van der Waals surface area contributed by atoms with Crippen LogP contribution >= 0.6 is 0 Å². The van der Waals surface area contributed by atoms with Gasteiger partial charge >= 0.3 is 0 Å². The van der Waals surface area contributed by atoms with Crippen molar-refractivity contribution in [2.75, 3.05) is 27.7 Å². The Hall–Kier alpha value is -2.33. The van der Waals surface area contributed by atoms with Crippen LogP contribution in [0.1, 0.15) is 0 Å². The van der Waals surface area contributed by atoms with Crippen LogP contribution in [0.25, 0.3) is 0 Å². The summed E-state index contributed by atoms with van der Waals surface area (Å²) in [5, 5.41) is 9.94. The maximum Gasteiger partial charge on any atom is 0.132 e. The first-order chi connectivity index (χ1) is 9.89. The van der Waals surface area contributed by atoms with Gasteiger partial charge < -0.3 is 14.6 Å². The lowest BCUT2D eigenvalue weighted by Gasteiger charge is -2.22. The summed E-state index contributed by atoms with van der Waals surface area (Å²) in [6, 6.07) is 19.2. The lowest BCUT2D eigenvalue weighted by atomic mass is 10.3. The summed E-state index contributed by atoms with van der Waals surface area (Å²) >= 11 is 0. The summed E-state index contributed by atoms with van der Waals surface area (Å²) in [6.45, 7) is -0.399. The second-order valence-electron chi connectivity index (χ2n) is 5.32. The Morgan fingerprint density at radius 2 is 1.43 bits per heavy atom. The zero-order chi connectivity index (χ0) is 15.7. The molecule has 4 heteroatoms. The molecule has 0 atom stereocenters. The number of rotatable bonds is 4. The number of carbonyl (C=O) groups excluding carboxylic acids is 1. The zero-order valence-electron chi connectivity index (χ0n) is 12.7. The smallest absolute Gasteiger partial charge is 0.132 e. The summed E-state index contributed by atoms with van der Waals surface area (Å²) in [6.07, 6.45) is 0. The first-order valence-electron chi connectivity index (χ1n) is 6.64. The fourth-order valence-electron chi connectivity index (χ4n) is 1.53. The number of hydrogen-bond donors (Lipinski definition) is 0. The molecule has 0 aliphatic heterocycles. The molecule has 0 radical (unpaired) electrons. The molecule has 0 saturated heterocycles. The average Bonchev–Trinajstić information content (AvgIpc) is 2.47. The molecule has 0 spiro atoms. The van der Waals surface area contributed by atoms with Crippen molar-refractivity contribution in [1.82, 2.24) is 4.48 Å². The van der Waals surface area contributed by atoms with E-state index in [0.29, 0.717) is 5.75 Å². The van der Waals surface area contributed by atoms with Crippen LogP contribution in [0.3, 0.4) is 0 Å². The summed E-state index contributed by atoms with van der Waals surface area (Å²) in [4.78, 5) is 9.94. The third-order valence-electron chi connectivity index (χ3n) is 2.63. The van der Waals surface area contributed by atoms with Gasteiger partial charge in [-0.3, -0.25) is 4.48 Å². The Labute approximate surface area is 125 Å². The number of carboxylic acids is 1. The molecule has 0 fully saturated rings. The number of carbonyl (C=O) groups is 1. The van der Waals surface area contributed by atoms with E-state index >= 15 is 0 Å². The lowest BCUT2D eigenvalue weighted by Crippen LogP contribution is -2.34. The molecule has 4 nitrogen and oxygen atoms in total. The number of benzene rings is 2. The van der Waals surface area contributed by atoms with E-state index < -0.39 is 12.6 Å². The molecule has 0 unspecified atom stereocenters. The zero-order valence-corrected chi connectivity index (χ0v) is 12.7. The maximum absolute atomic E-state index is 9.94. The van der Waals surface area contributed by atoms with Gasteiger partial charge in [0.05, 0.1) is 27.1 Å². The molecule has 0 aliphatic rings. The number of nitrogens with zero attached hydrogens (tertiary/aromatic N) is 1. The minimum Gasteiger partial charge on any atom is -0.546 e. The lowest BCUT2D eigenvalue weighted by molar-refractivity contribution is -0.307. The highest BCUT2D eigenvalue weighted by molar-refractivity contribution is 5.66. The summed E-state index contributed by atoms with van der Waals surface area (Å²) in [5.74, 6) is -0.675. The predicted molar refractivity (Wildman–Crippen MR) is 83.0 cm³/mol. The third kappa shape index (κ3) is 7.13. The first kappa shape index (κ1) is 16.7. The minimum absolute atomic E-state index is 0.399. The van der Waals surface area contributed by atoms with E-state index in [1.165, 1.54) is 5.69 Å². The van der Waals surface area contributed by atoms with Crippen molar-refractivity contribution in [3.8, 4) is 5.75 Å². The van der Waals surface area contributed by atoms with Gasteiger partial charge in [0.2, 0.25) is 0 Å². The molecule has 2 aromatic carbocycles. The van der Waals surface area contributed by atoms with E-state index in [4.69, 9.17) is 4.74 Å². The minimum atomic E-state index is -1.21. The summed E-state index contributed by atoms with van der Waals surface area (Å²) < 4.78 is 5.70. The van der Waals surface area contributed by atoms with Crippen LogP contribution in [0, 0.1) is 0 Å². The van der Waals surface area contributed by atoms with E-state index in [1.54, 1.807) is 24.3 Å². The van der Waals surface area contributed by atoms with Crippen molar-refractivity contribution >= 4 is 11.7 Å². The summed E-state index contributed by atoms with van der Waals surface area (Å²) in [5.41, 5.74) is 1.34. The molecule has 0 bridgehead atoms. The number of ether oxygens (including phenoxy) is 1. The van der Waals surface area contributed by atoms with Crippen LogP contribution in [0.15, 0.2) is 60.7 Å². The second-order valence-corrected chi connectivity index (χ2v) is 5.32. The van der Waals surface area contributed by atoms with Crippen molar-refractivity contribution in [3.63, 3.8) is 0 Å². The first-order valence-corrected chi connectivity index (χ1v) is 6.64. The third-order valence-corrected chi connectivity index (χ3v) is 2.63. The van der Waals surface area contributed by atoms with Gasteiger partial charge in [-0.2, -0.15) is 0 Å². The summed E-state index contributed by atoms with van der Waals surface area (Å²) in [7, 11) is 6.49. The van der Waals surface area contributed by atoms with Gasteiger partial charge in [-0.25, -0.2) is 0 Å². The van der Waals surface area contributed by atoms with Crippen molar-refractivity contribution in [2.45, 2.75) is 0 Å². The van der Waals surface area contributed by atoms with Crippen LogP contribution in [-0.4, -0.2) is 33.7 Å². The molecule has 2 rings (SSSR count). The van der Waals surface area contributed by atoms with E-state index in [1.807, 2.05) is 12.1 Å². The highest BCUT2D eigenvalue weighted by atomic mass is 16.5. The highest BCUT2D eigenvalue weighted by Gasteiger charge is 2.08. The van der Waals surface area contributed by atoms with Crippen LogP contribution in [0.2, 0.25) is 0 Å². The van der Waals surface area contributed by atoms with Gasteiger partial charge in [-0.05, 0) is 24.3 Å². The quantitative estimate of drug-likeness (QED) is 0.804. The number of hydrogen-bond acceptors (Lipinski definition) is 3. The molecular formula is C17H21NO3. The molecule has 0 amide bonds. The Morgan fingerprint density at radius 3 is 1.81 bits per heavy atom. The Bertz CT molecular complexity index is 533. The van der Waals surface area contributed by atoms with Gasteiger partial charge in [0, 0.05) is 0 Å². The highest BCUT2D eigenvalue weighted by Crippen LogP contribution is 2.14.